The summed E-state index contributed by atoms with van der Waals surface area (Å²) < 4.78 is 0. The van der Waals surface area contributed by atoms with E-state index in [2.05, 4.69) is 54.6 Å². The zero-order valence-electron chi connectivity index (χ0n) is 11.5. The Bertz CT molecular complexity index is 493. The minimum atomic E-state index is 0.808. The Hall–Kier alpha value is -1.56. The number of hydrogen-bond acceptors (Lipinski definition) is 0. The van der Waals surface area contributed by atoms with Gasteiger partial charge in [0.25, 0.3) is 0 Å². The summed E-state index contributed by atoms with van der Waals surface area (Å²) in [5.74, 6) is 0.808. The molecule has 0 heteroatoms. The summed E-state index contributed by atoms with van der Waals surface area (Å²) in [7, 11) is 0. The Morgan fingerprint density at radius 2 is 1.63 bits per heavy atom. The van der Waals surface area contributed by atoms with Crippen LogP contribution < -0.4 is 0 Å². The van der Waals surface area contributed by atoms with Gasteiger partial charge in [-0.15, -0.1) is 0 Å². The van der Waals surface area contributed by atoms with E-state index in [1.807, 2.05) is 0 Å². The molecule has 2 aliphatic carbocycles. The first-order valence-electron chi connectivity index (χ1n) is 7.57. The maximum atomic E-state index is 2.35. The normalized spacial score (nSPS) is 20.1. The van der Waals surface area contributed by atoms with Crippen molar-refractivity contribution in [3.63, 3.8) is 0 Å². The summed E-state index contributed by atoms with van der Waals surface area (Å²) >= 11 is 0. The topological polar surface area (TPSA) is 0 Å². The van der Waals surface area contributed by atoms with Crippen molar-refractivity contribution < 1.29 is 0 Å². The van der Waals surface area contributed by atoms with Crippen molar-refractivity contribution >= 4 is 5.57 Å². The third-order valence-corrected chi connectivity index (χ3v) is 4.32. The summed E-state index contributed by atoms with van der Waals surface area (Å²) in [5.41, 5.74) is 4.24. The summed E-state index contributed by atoms with van der Waals surface area (Å²) in [5, 5.41) is 0. The Morgan fingerprint density at radius 1 is 0.842 bits per heavy atom. The molecular formula is C19H22. The van der Waals surface area contributed by atoms with Gasteiger partial charge < -0.3 is 0 Å². The highest BCUT2D eigenvalue weighted by molar-refractivity contribution is 5.75. The zero-order chi connectivity index (χ0) is 12.9. The molecule has 0 unspecified atom stereocenters. The van der Waals surface area contributed by atoms with Crippen molar-refractivity contribution in [1.29, 1.82) is 0 Å². The molecule has 2 aliphatic rings. The molecule has 0 N–H and O–H groups in total. The van der Waals surface area contributed by atoms with Gasteiger partial charge in [-0.2, -0.15) is 0 Å². The van der Waals surface area contributed by atoms with Gasteiger partial charge in [0.05, 0.1) is 0 Å². The van der Waals surface area contributed by atoms with Gasteiger partial charge in [0.2, 0.25) is 0 Å². The van der Waals surface area contributed by atoms with Crippen molar-refractivity contribution in [2.45, 2.75) is 44.4 Å². The minimum absolute atomic E-state index is 0.808. The molecule has 1 saturated carbocycles. The van der Waals surface area contributed by atoms with E-state index in [1.54, 1.807) is 5.56 Å². The summed E-state index contributed by atoms with van der Waals surface area (Å²) in [4.78, 5) is 0. The van der Waals surface area contributed by atoms with E-state index >= 15 is 0 Å². The second-order valence-corrected chi connectivity index (χ2v) is 5.64. The average molecular weight is 250 g/mol. The smallest absolute Gasteiger partial charge is 0.0157 e. The lowest BCUT2D eigenvalue weighted by molar-refractivity contribution is 0.443. The van der Waals surface area contributed by atoms with Crippen LogP contribution in [0.5, 0.6) is 0 Å². The third kappa shape index (κ3) is 3.07. The lowest BCUT2D eigenvalue weighted by Gasteiger charge is -2.22. The van der Waals surface area contributed by atoms with Gasteiger partial charge >= 0.3 is 0 Å². The first-order chi connectivity index (χ1) is 9.43. The fraction of sp³-hybridized carbons (Fsp3) is 0.368. The van der Waals surface area contributed by atoms with Gasteiger partial charge in [0, 0.05) is 0 Å². The Balaban J connectivity index is 1.76. The SMILES string of the molecule is C1=CCC=C(c2ccc(C3CCCCC3)cc2)C=C1. The number of rotatable bonds is 2. The van der Waals surface area contributed by atoms with Crippen molar-refractivity contribution in [2.24, 2.45) is 0 Å². The predicted octanol–water partition coefficient (Wildman–Crippen LogP) is 5.63. The van der Waals surface area contributed by atoms with Gasteiger partial charge in [-0.3, -0.25) is 0 Å². The Kier molecular flexibility index (Phi) is 3.98. The molecule has 0 nitrogen and oxygen atoms in total. The quantitative estimate of drug-likeness (QED) is 0.637. The van der Waals surface area contributed by atoms with Gasteiger partial charge in [-0.1, -0.05) is 73.9 Å². The van der Waals surface area contributed by atoms with Crippen molar-refractivity contribution in [3.05, 3.63) is 65.8 Å². The van der Waals surface area contributed by atoms with Gasteiger partial charge in [-0.05, 0) is 41.9 Å². The molecule has 98 valence electrons. The number of allylic oxidation sites excluding steroid dienone is 6. The fourth-order valence-corrected chi connectivity index (χ4v) is 3.18. The summed E-state index contributed by atoms with van der Waals surface area (Å²) in [6.45, 7) is 0. The van der Waals surface area contributed by atoms with Gasteiger partial charge in [0.1, 0.15) is 0 Å². The molecule has 0 radical (unpaired) electrons. The van der Waals surface area contributed by atoms with Crippen LogP contribution in [0.25, 0.3) is 5.57 Å². The first kappa shape index (κ1) is 12.5. The summed E-state index contributed by atoms with van der Waals surface area (Å²) in [6.07, 6.45) is 19.0. The van der Waals surface area contributed by atoms with Crippen LogP contribution in [0.15, 0.2) is 54.6 Å². The third-order valence-electron chi connectivity index (χ3n) is 4.32. The maximum Gasteiger partial charge on any atom is -0.0157 e. The lowest BCUT2D eigenvalue weighted by Crippen LogP contribution is -2.04. The van der Waals surface area contributed by atoms with Crippen molar-refractivity contribution in [1.82, 2.24) is 0 Å². The summed E-state index contributed by atoms with van der Waals surface area (Å²) in [6, 6.07) is 9.29. The van der Waals surface area contributed by atoms with E-state index < -0.39 is 0 Å². The molecular weight excluding hydrogens is 228 g/mol. The predicted molar refractivity (Wildman–Crippen MR) is 83.1 cm³/mol. The Morgan fingerprint density at radius 3 is 2.42 bits per heavy atom. The molecule has 3 rings (SSSR count). The van der Waals surface area contributed by atoms with Gasteiger partial charge in [0.15, 0.2) is 0 Å². The van der Waals surface area contributed by atoms with E-state index in [9.17, 15) is 0 Å². The van der Waals surface area contributed by atoms with Gasteiger partial charge in [-0.25, -0.2) is 0 Å². The molecule has 0 heterocycles. The van der Waals surface area contributed by atoms with Crippen LogP contribution in [0.4, 0.5) is 0 Å². The van der Waals surface area contributed by atoms with E-state index in [1.165, 1.54) is 43.2 Å². The number of hydrogen-bond donors (Lipinski definition) is 0. The van der Waals surface area contributed by atoms with Crippen LogP contribution in [0.3, 0.4) is 0 Å². The molecule has 1 aromatic rings. The molecule has 0 aliphatic heterocycles. The van der Waals surface area contributed by atoms with Crippen LogP contribution in [-0.2, 0) is 0 Å². The molecule has 19 heavy (non-hydrogen) atoms. The Labute approximate surface area is 116 Å². The van der Waals surface area contributed by atoms with E-state index in [-0.39, 0.29) is 0 Å². The maximum absolute atomic E-state index is 2.35. The van der Waals surface area contributed by atoms with Crippen LogP contribution in [0.2, 0.25) is 0 Å². The highest BCUT2D eigenvalue weighted by Gasteiger charge is 2.15. The highest BCUT2D eigenvalue weighted by atomic mass is 14.2. The van der Waals surface area contributed by atoms with E-state index in [4.69, 9.17) is 0 Å². The van der Waals surface area contributed by atoms with Crippen LogP contribution in [0.1, 0.15) is 55.6 Å². The molecule has 1 fully saturated rings. The molecule has 0 spiro atoms. The van der Waals surface area contributed by atoms with Crippen LogP contribution >= 0.6 is 0 Å². The second-order valence-electron chi connectivity index (χ2n) is 5.64. The molecule has 1 aromatic carbocycles. The van der Waals surface area contributed by atoms with Crippen molar-refractivity contribution in [2.75, 3.05) is 0 Å². The molecule has 0 amide bonds. The second kappa shape index (κ2) is 6.06. The minimum Gasteiger partial charge on any atom is -0.0807 e. The van der Waals surface area contributed by atoms with Crippen LogP contribution in [0, 0.1) is 0 Å². The largest absolute Gasteiger partial charge is 0.0807 e. The number of benzene rings is 1. The lowest BCUT2D eigenvalue weighted by atomic mass is 9.83. The monoisotopic (exact) mass is 250 g/mol. The highest BCUT2D eigenvalue weighted by Crippen LogP contribution is 2.33. The molecule has 0 aromatic heterocycles. The van der Waals surface area contributed by atoms with E-state index in [0.717, 1.165) is 12.3 Å². The molecule has 0 saturated heterocycles. The van der Waals surface area contributed by atoms with E-state index in [0.29, 0.717) is 0 Å². The van der Waals surface area contributed by atoms with Crippen molar-refractivity contribution in [3.8, 4) is 0 Å². The fourth-order valence-electron chi connectivity index (χ4n) is 3.18. The molecule has 0 atom stereocenters. The molecule has 0 bridgehead atoms. The average Bonchev–Trinajstić information content (AvgIpc) is 2.77. The standard InChI is InChI=1S/C19H22/c1-2-5-9-16(8-4-1)18-12-14-19(15-13-18)17-10-6-3-7-11-17/h1-2,4,8-9,12-15,17H,3,5-7,10-11H2. The zero-order valence-corrected chi connectivity index (χ0v) is 11.5. The first-order valence-corrected chi connectivity index (χ1v) is 7.57. The van der Waals surface area contributed by atoms with Crippen LogP contribution in [-0.4, -0.2) is 0 Å².